The highest BCUT2D eigenvalue weighted by molar-refractivity contribution is 5.20. The van der Waals surface area contributed by atoms with Crippen LogP contribution >= 0.6 is 0 Å². The maximum Gasteiger partial charge on any atom is 0.113 e. The van der Waals surface area contributed by atoms with Crippen LogP contribution in [-0.2, 0) is 4.74 Å². The van der Waals surface area contributed by atoms with Crippen LogP contribution in [0.5, 0.6) is 0 Å². The number of aliphatic hydroxyl groups is 1. The molecule has 86 valence electrons. The number of hydrogen-bond donors (Lipinski definition) is 1. The third-order valence-corrected chi connectivity index (χ3v) is 4.12. The minimum Gasteiger partial charge on any atom is -0.390 e. The molecule has 0 aromatic rings. The third kappa shape index (κ3) is 1.74. The third-order valence-electron chi connectivity index (χ3n) is 4.12. The monoisotopic (exact) mass is 210 g/mol. The minimum atomic E-state index is -0.357. The molecular weight excluding hydrogens is 188 g/mol. The van der Waals surface area contributed by atoms with Gasteiger partial charge in [-0.15, -0.1) is 0 Å². The van der Waals surface area contributed by atoms with E-state index in [-0.39, 0.29) is 17.3 Å². The molecule has 1 spiro atoms. The van der Waals surface area contributed by atoms with Crippen LogP contribution < -0.4 is 0 Å². The van der Waals surface area contributed by atoms with Crippen LogP contribution in [0.4, 0.5) is 0 Å². The maximum atomic E-state index is 10.1. The molecule has 2 atom stereocenters. The van der Waals surface area contributed by atoms with Crippen molar-refractivity contribution in [1.82, 2.24) is 0 Å². The molecule has 1 fully saturated rings. The van der Waals surface area contributed by atoms with Crippen LogP contribution in [0.3, 0.4) is 0 Å². The molecule has 15 heavy (non-hydrogen) atoms. The van der Waals surface area contributed by atoms with Crippen molar-refractivity contribution in [3.63, 3.8) is 0 Å². The lowest BCUT2D eigenvalue weighted by molar-refractivity contribution is -0.159. The molecule has 1 N–H and O–H groups in total. The predicted molar refractivity (Wildman–Crippen MR) is 60.7 cm³/mol. The van der Waals surface area contributed by atoms with Crippen LogP contribution in [-0.4, -0.2) is 22.4 Å². The average molecular weight is 210 g/mol. The van der Waals surface area contributed by atoms with Gasteiger partial charge >= 0.3 is 0 Å². The van der Waals surface area contributed by atoms with Crippen molar-refractivity contribution in [3.05, 3.63) is 12.2 Å². The molecular formula is C13H22O2. The Morgan fingerprint density at radius 1 is 1.27 bits per heavy atom. The summed E-state index contributed by atoms with van der Waals surface area (Å²) in [6.45, 7) is 4.31. The summed E-state index contributed by atoms with van der Waals surface area (Å²) in [7, 11) is 0. The van der Waals surface area contributed by atoms with E-state index in [9.17, 15) is 5.11 Å². The van der Waals surface area contributed by atoms with Gasteiger partial charge in [0, 0.05) is 0 Å². The highest BCUT2D eigenvalue weighted by Crippen LogP contribution is 2.44. The van der Waals surface area contributed by atoms with Gasteiger partial charge in [-0.1, -0.05) is 38.8 Å². The first-order valence-corrected chi connectivity index (χ1v) is 6.25. The molecule has 2 aliphatic rings. The van der Waals surface area contributed by atoms with Gasteiger partial charge in [0.25, 0.3) is 0 Å². The molecule has 2 heteroatoms. The van der Waals surface area contributed by atoms with E-state index in [2.05, 4.69) is 26.0 Å². The van der Waals surface area contributed by atoms with Crippen molar-refractivity contribution in [2.24, 2.45) is 0 Å². The number of rotatable bonds is 2. The van der Waals surface area contributed by atoms with Gasteiger partial charge in [-0.05, 0) is 25.7 Å². The molecule has 0 amide bonds. The topological polar surface area (TPSA) is 29.5 Å². The summed E-state index contributed by atoms with van der Waals surface area (Å²) in [6, 6.07) is 0. The zero-order valence-electron chi connectivity index (χ0n) is 9.83. The summed E-state index contributed by atoms with van der Waals surface area (Å²) in [5.74, 6) is 0. The lowest BCUT2D eigenvalue weighted by Crippen LogP contribution is -2.47. The van der Waals surface area contributed by atoms with E-state index in [0.29, 0.717) is 0 Å². The Bertz CT molecular complexity index is 255. The predicted octanol–water partition coefficient (Wildman–Crippen LogP) is 2.81. The fourth-order valence-electron chi connectivity index (χ4n) is 2.83. The van der Waals surface area contributed by atoms with Crippen LogP contribution in [0, 0.1) is 0 Å². The van der Waals surface area contributed by atoms with Crippen LogP contribution in [0.1, 0.15) is 52.4 Å². The van der Waals surface area contributed by atoms with E-state index >= 15 is 0 Å². The molecule has 1 aliphatic heterocycles. The second-order valence-corrected chi connectivity index (χ2v) is 4.92. The largest absolute Gasteiger partial charge is 0.390 e. The van der Waals surface area contributed by atoms with Gasteiger partial charge in [-0.3, -0.25) is 0 Å². The van der Waals surface area contributed by atoms with Crippen molar-refractivity contribution in [2.45, 2.75) is 69.7 Å². The van der Waals surface area contributed by atoms with Gasteiger partial charge in [-0.2, -0.15) is 0 Å². The minimum absolute atomic E-state index is 0.113. The van der Waals surface area contributed by atoms with Crippen LogP contribution in [0.25, 0.3) is 0 Å². The Morgan fingerprint density at radius 2 is 2.00 bits per heavy atom. The first-order valence-electron chi connectivity index (χ1n) is 6.25. The fraction of sp³-hybridized carbons (Fsp3) is 0.846. The second-order valence-electron chi connectivity index (χ2n) is 4.92. The number of ether oxygens (including phenoxy) is 1. The summed E-state index contributed by atoms with van der Waals surface area (Å²) in [5.41, 5.74) is -0.470. The van der Waals surface area contributed by atoms with E-state index in [1.165, 1.54) is 6.42 Å². The molecule has 0 bridgehead atoms. The molecule has 1 aliphatic carbocycles. The highest BCUT2D eigenvalue weighted by Gasteiger charge is 2.48. The Labute approximate surface area is 92.3 Å². The van der Waals surface area contributed by atoms with E-state index < -0.39 is 0 Å². The lowest BCUT2D eigenvalue weighted by Gasteiger charge is -2.40. The molecule has 0 saturated heterocycles. The molecule has 1 saturated carbocycles. The smallest absolute Gasteiger partial charge is 0.113 e. The molecule has 2 rings (SSSR count). The van der Waals surface area contributed by atoms with Gasteiger partial charge in [0.05, 0.1) is 11.7 Å². The first kappa shape index (κ1) is 11.2. The van der Waals surface area contributed by atoms with Gasteiger partial charge in [0.2, 0.25) is 0 Å². The summed E-state index contributed by atoms with van der Waals surface area (Å²) in [4.78, 5) is 0. The van der Waals surface area contributed by atoms with E-state index in [1.807, 2.05) is 0 Å². The quantitative estimate of drug-likeness (QED) is 0.710. The van der Waals surface area contributed by atoms with Gasteiger partial charge in [0.1, 0.15) is 5.60 Å². The van der Waals surface area contributed by atoms with Crippen molar-refractivity contribution in [3.8, 4) is 0 Å². The lowest BCUT2D eigenvalue weighted by atomic mass is 9.82. The Morgan fingerprint density at radius 3 is 2.53 bits per heavy atom. The van der Waals surface area contributed by atoms with Crippen molar-refractivity contribution < 1.29 is 9.84 Å². The fourth-order valence-corrected chi connectivity index (χ4v) is 2.83. The molecule has 1 heterocycles. The van der Waals surface area contributed by atoms with Crippen molar-refractivity contribution in [2.75, 3.05) is 0 Å². The SMILES string of the molecule is CCC1(CC)C=C[C@@]2(CCCC[C@@H]2O)O1. The molecule has 0 radical (unpaired) electrons. The van der Waals surface area contributed by atoms with Crippen LogP contribution in [0.2, 0.25) is 0 Å². The van der Waals surface area contributed by atoms with Gasteiger partial charge in [-0.25, -0.2) is 0 Å². The summed E-state index contributed by atoms with van der Waals surface area (Å²) in [5, 5.41) is 10.1. The van der Waals surface area contributed by atoms with E-state index in [1.54, 1.807) is 0 Å². The summed E-state index contributed by atoms with van der Waals surface area (Å²) < 4.78 is 6.23. The van der Waals surface area contributed by atoms with Crippen LogP contribution in [0.15, 0.2) is 12.2 Å². The molecule has 0 aromatic carbocycles. The summed E-state index contributed by atoms with van der Waals surface area (Å²) in [6.07, 6.45) is 10.2. The normalized spacial score (nSPS) is 38.7. The molecule has 0 aromatic heterocycles. The Balaban J connectivity index is 2.17. The van der Waals surface area contributed by atoms with Crippen molar-refractivity contribution in [1.29, 1.82) is 0 Å². The standard InChI is InChI=1S/C13H22O2/c1-3-12(4-2)9-10-13(15-12)8-6-5-7-11(13)14/h9-11,14H,3-8H2,1-2H3/t11-,13+/m0/s1. The van der Waals surface area contributed by atoms with E-state index in [4.69, 9.17) is 4.74 Å². The zero-order chi connectivity index (χ0) is 10.9. The number of hydrogen-bond acceptors (Lipinski definition) is 2. The Hall–Kier alpha value is -0.340. The van der Waals surface area contributed by atoms with Gasteiger partial charge < -0.3 is 9.84 Å². The highest BCUT2D eigenvalue weighted by atomic mass is 16.5. The van der Waals surface area contributed by atoms with Gasteiger partial charge in [0.15, 0.2) is 0 Å². The van der Waals surface area contributed by atoms with Crippen molar-refractivity contribution >= 4 is 0 Å². The second kappa shape index (κ2) is 3.91. The maximum absolute atomic E-state index is 10.1. The average Bonchev–Trinajstić information content (AvgIpc) is 2.64. The number of aliphatic hydroxyl groups excluding tert-OH is 1. The first-order chi connectivity index (χ1) is 7.16. The van der Waals surface area contributed by atoms with E-state index in [0.717, 1.165) is 32.1 Å². The molecule has 2 nitrogen and oxygen atoms in total. The summed E-state index contributed by atoms with van der Waals surface area (Å²) >= 11 is 0. The zero-order valence-corrected chi connectivity index (χ0v) is 9.83. The molecule has 0 unspecified atom stereocenters. The Kier molecular flexibility index (Phi) is 2.91.